The minimum Gasteiger partial charge on any atom is -0.319 e. The van der Waals surface area contributed by atoms with E-state index in [2.05, 4.69) is 16.4 Å². The van der Waals surface area contributed by atoms with Gasteiger partial charge in [0.25, 0.3) is 0 Å². The van der Waals surface area contributed by atoms with Crippen LogP contribution < -0.4 is 5.32 Å². The molecular weight excluding hydrogens is 312 g/mol. The van der Waals surface area contributed by atoms with Crippen molar-refractivity contribution in [1.82, 2.24) is 9.88 Å². The summed E-state index contributed by atoms with van der Waals surface area (Å²) in [4.78, 5) is 18.3. The second-order valence-corrected chi connectivity index (χ2v) is 5.68. The van der Waals surface area contributed by atoms with Crippen molar-refractivity contribution < 1.29 is 4.79 Å². The third-order valence-electron chi connectivity index (χ3n) is 3.88. The number of pyridine rings is 1. The summed E-state index contributed by atoms with van der Waals surface area (Å²) in [7, 11) is 0. The minimum atomic E-state index is -0.227. The van der Waals surface area contributed by atoms with Crippen LogP contribution in [-0.4, -0.2) is 22.5 Å². The van der Waals surface area contributed by atoms with Gasteiger partial charge in [0.2, 0.25) is 0 Å². The van der Waals surface area contributed by atoms with E-state index in [1.54, 1.807) is 17.3 Å². The van der Waals surface area contributed by atoms with Crippen molar-refractivity contribution in [3.63, 3.8) is 0 Å². The molecule has 0 fully saturated rings. The third-order valence-corrected chi connectivity index (χ3v) is 3.88. The number of nitriles is 1. The number of nitrogens with zero attached hydrogens (tertiary/aromatic N) is 3. The van der Waals surface area contributed by atoms with E-state index < -0.39 is 0 Å². The molecule has 0 unspecified atom stereocenters. The first kappa shape index (κ1) is 16.5. The molecule has 5 nitrogen and oxygen atoms in total. The smallest absolute Gasteiger partial charge is 0.319 e. The summed E-state index contributed by atoms with van der Waals surface area (Å²) in [6.07, 6.45) is 3.70. The molecule has 5 heteroatoms. The molecule has 0 spiro atoms. The average Bonchev–Trinajstić information content (AvgIpc) is 2.65. The topological polar surface area (TPSA) is 69.0 Å². The Labute approximate surface area is 146 Å². The molecule has 3 aromatic rings. The quantitative estimate of drug-likeness (QED) is 0.763. The molecule has 1 N–H and O–H groups in total. The molecule has 0 aliphatic heterocycles. The van der Waals surface area contributed by atoms with Crippen LogP contribution >= 0.6 is 0 Å². The van der Waals surface area contributed by atoms with Gasteiger partial charge in [0.05, 0.1) is 12.5 Å². The van der Waals surface area contributed by atoms with Gasteiger partial charge in [-0.2, -0.15) is 5.26 Å². The van der Waals surface area contributed by atoms with Gasteiger partial charge in [0.1, 0.15) is 0 Å². The number of carbonyl (C=O) groups excluding carboxylic acids is 1. The van der Waals surface area contributed by atoms with Crippen LogP contribution in [0.2, 0.25) is 0 Å². The fraction of sp³-hybridized carbons (Fsp3) is 0.150. The monoisotopic (exact) mass is 330 g/mol. The van der Waals surface area contributed by atoms with Crippen LogP contribution in [0.1, 0.15) is 12.0 Å². The van der Waals surface area contributed by atoms with Crippen LogP contribution in [0.3, 0.4) is 0 Å². The minimum absolute atomic E-state index is 0.227. The van der Waals surface area contributed by atoms with E-state index in [1.807, 2.05) is 54.6 Å². The number of hydrogen-bond donors (Lipinski definition) is 1. The van der Waals surface area contributed by atoms with Crippen molar-refractivity contribution in [2.24, 2.45) is 0 Å². The molecule has 0 aliphatic carbocycles. The molecular formula is C20H18N4O. The van der Waals surface area contributed by atoms with E-state index in [9.17, 15) is 4.79 Å². The molecule has 0 bridgehead atoms. The molecule has 0 saturated carbocycles. The fourth-order valence-electron chi connectivity index (χ4n) is 2.62. The molecule has 0 aliphatic rings. The van der Waals surface area contributed by atoms with Gasteiger partial charge in [-0.25, -0.2) is 4.79 Å². The van der Waals surface area contributed by atoms with E-state index in [-0.39, 0.29) is 12.5 Å². The molecule has 1 heterocycles. The van der Waals surface area contributed by atoms with Gasteiger partial charge in [-0.3, -0.25) is 4.98 Å². The number of fused-ring (bicyclic) bond motifs is 1. The normalized spacial score (nSPS) is 10.2. The maximum absolute atomic E-state index is 12.6. The predicted octanol–water partition coefficient (Wildman–Crippen LogP) is 4.18. The van der Waals surface area contributed by atoms with Gasteiger partial charge >= 0.3 is 6.03 Å². The molecule has 0 radical (unpaired) electrons. The van der Waals surface area contributed by atoms with E-state index in [0.29, 0.717) is 13.1 Å². The lowest BCUT2D eigenvalue weighted by atomic mass is 10.1. The van der Waals surface area contributed by atoms with Crippen molar-refractivity contribution in [3.05, 3.63) is 72.6 Å². The zero-order chi connectivity index (χ0) is 17.5. The van der Waals surface area contributed by atoms with Gasteiger partial charge in [-0.05, 0) is 34.5 Å². The Hall–Kier alpha value is -3.39. The lowest BCUT2D eigenvalue weighted by Gasteiger charge is -2.22. The Kier molecular flexibility index (Phi) is 5.22. The summed E-state index contributed by atoms with van der Waals surface area (Å²) in [6, 6.07) is 19.4. The summed E-state index contributed by atoms with van der Waals surface area (Å²) >= 11 is 0. The summed E-state index contributed by atoms with van der Waals surface area (Å²) in [5, 5.41) is 14.0. The second kappa shape index (κ2) is 7.93. The zero-order valence-corrected chi connectivity index (χ0v) is 13.7. The summed E-state index contributed by atoms with van der Waals surface area (Å²) < 4.78 is 0. The third kappa shape index (κ3) is 4.33. The van der Waals surface area contributed by atoms with Crippen LogP contribution in [0.5, 0.6) is 0 Å². The number of benzene rings is 2. The Balaban J connectivity index is 1.75. The highest BCUT2D eigenvalue weighted by Gasteiger charge is 2.14. The van der Waals surface area contributed by atoms with Gasteiger partial charge in [-0.15, -0.1) is 0 Å². The Bertz CT molecular complexity index is 902. The first-order valence-electron chi connectivity index (χ1n) is 8.07. The van der Waals surface area contributed by atoms with Crippen molar-refractivity contribution in [3.8, 4) is 6.07 Å². The molecule has 1 aromatic heterocycles. The maximum atomic E-state index is 12.6. The molecule has 124 valence electrons. The van der Waals surface area contributed by atoms with E-state index >= 15 is 0 Å². The van der Waals surface area contributed by atoms with Crippen LogP contribution in [0.4, 0.5) is 10.5 Å². The van der Waals surface area contributed by atoms with E-state index in [0.717, 1.165) is 22.0 Å². The number of aromatic nitrogens is 1. The number of rotatable bonds is 5. The van der Waals surface area contributed by atoms with Gasteiger partial charge in [0.15, 0.2) is 0 Å². The number of carbonyl (C=O) groups is 1. The van der Waals surface area contributed by atoms with E-state index in [4.69, 9.17) is 5.26 Å². The molecule has 0 saturated heterocycles. The SMILES string of the molecule is N#CCCN(Cc1cccnc1)C(=O)Nc1ccc2ccccc2c1. The number of anilines is 1. The zero-order valence-electron chi connectivity index (χ0n) is 13.7. The summed E-state index contributed by atoms with van der Waals surface area (Å²) in [5.41, 5.74) is 1.66. The molecule has 0 atom stereocenters. The van der Waals surface area contributed by atoms with Crippen molar-refractivity contribution in [2.45, 2.75) is 13.0 Å². The Morgan fingerprint density at radius 3 is 2.72 bits per heavy atom. The Morgan fingerprint density at radius 2 is 1.96 bits per heavy atom. The van der Waals surface area contributed by atoms with Gasteiger partial charge < -0.3 is 10.2 Å². The average molecular weight is 330 g/mol. The maximum Gasteiger partial charge on any atom is 0.322 e. The highest BCUT2D eigenvalue weighted by molar-refractivity contribution is 5.93. The van der Waals surface area contributed by atoms with Gasteiger partial charge in [-0.1, -0.05) is 36.4 Å². The number of amides is 2. The molecule has 3 rings (SSSR count). The molecule has 2 amide bonds. The highest BCUT2D eigenvalue weighted by atomic mass is 16.2. The number of nitrogens with one attached hydrogen (secondary N) is 1. The van der Waals surface area contributed by atoms with Crippen LogP contribution in [0, 0.1) is 11.3 Å². The van der Waals surface area contributed by atoms with Crippen LogP contribution in [0.25, 0.3) is 10.8 Å². The van der Waals surface area contributed by atoms with E-state index in [1.165, 1.54) is 0 Å². The van der Waals surface area contributed by atoms with Crippen molar-refractivity contribution >= 4 is 22.5 Å². The first-order chi connectivity index (χ1) is 12.3. The molecule has 25 heavy (non-hydrogen) atoms. The Morgan fingerprint density at radius 1 is 1.12 bits per heavy atom. The highest BCUT2D eigenvalue weighted by Crippen LogP contribution is 2.19. The second-order valence-electron chi connectivity index (χ2n) is 5.68. The number of urea groups is 1. The summed E-state index contributed by atoms with van der Waals surface area (Å²) in [5.74, 6) is 0. The first-order valence-corrected chi connectivity index (χ1v) is 8.07. The largest absolute Gasteiger partial charge is 0.322 e. The number of hydrogen-bond acceptors (Lipinski definition) is 3. The standard InChI is InChI=1S/C20H18N4O/c21-10-4-12-24(15-16-5-3-11-22-14-16)20(25)23-19-9-8-17-6-1-2-7-18(17)13-19/h1-3,5-9,11,13-14H,4,12,15H2,(H,23,25). The van der Waals surface area contributed by atoms with Crippen molar-refractivity contribution in [2.75, 3.05) is 11.9 Å². The van der Waals surface area contributed by atoms with Crippen LogP contribution in [0.15, 0.2) is 67.0 Å². The lowest BCUT2D eigenvalue weighted by Crippen LogP contribution is -2.35. The summed E-state index contributed by atoms with van der Waals surface area (Å²) in [6.45, 7) is 0.778. The fourth-order valence-corrected chi connectivity index (χ4v) is 2.62. The predicted molar refractivity (Wildman–Crippen MR) is 97.8 cm³/mol. The van der Waals surface area contributed by atoms with Crippen molar-refractivity contribution in [1.29, 1.82) is 5.26 Å². The lowest BCUT2D eigenvalue weighted by molar-refractivity contribution is 0.210. The molecule has 2 aromatic carbocycles. The van der Waals surface area contributed by atoms with Crippen LogP contribution in [-0.2, 0) is 6.54 Å². The van der Waals surface area contributed by atoms with Gasteiger partial charge in [0, 0.05) is 31.2 Å².